The Morgan fingerprint density at radius 1 is 1.07 bits per heavy atom. The Morgan fingerprint density at radius 3 is 2.36 bits per heavy atom. The van der Waals surface area contributed by atoms with E-state index in [1.807, 2.05) is 0 Å². The topological polar surface area (TPSA) is 0 Å². The van der Waals surface area contributed by atoms with Crippen LogP contribution >= 0.6 is 0 Å². The van der Waals surface area contributed by atoms with Crippen molar-refractivity contribution in [3.63, 3.8) is 0 Å². The van der Waals surface area contributed by atoms with Gasteiger partial charge in [0.25, 0.3) is 0 Å². The van der Waals surface area contributed by atoms with Crippen LogP contribution in [0.15, 0.2) is 30.3 Å². The zero-order chi connectivity index (χ0) is 9.43. The fourth-order valence-electron chi connectivity index (χ4n) is 3.34. The summed E-state index contributed by atoms with van der Waals surface area (Å²) in [6.45, 7) is 0. The van der Waals surface area contributed by atoms with Crippen LogP contribution < -0.4 is 0 Å². The molecule has 2 aliphatic carbocycles. The lowest BCUT2D eigenvalue weighted by Crippen LogP contribution is -2.43. The monoisotopic (exact) mass is 186 g/mol. The first-order valence-electron chi connectivity index (χ1n) is 5.90. The van der Waals surface area contributed by atoms with Crippen molar-refractivity contribution in [1.82, 2.24) is 0 Å². The molecule has 0 radical (unpaired) electrons. The highest BCUT2D eigenvalue weighted by Gasteiger charge is 2.47. The second-order valence-electron chi connectivity index (χ2n) is 5.32. The van der Waals surface area contributed by atoms with Crippen LogP contribution in [0.2, 0.25) is 0 Å². The molecule has 0 heteroatoms. The van der Waals surface area contributed by atoms with Crippen molar-refractivity contribution in [3.8, 4) is 0 Å². The van der Waals surface area contributed by atoms with Crippen LogP contribution in [-0.4, -0.2) is 0 Å². The van der Waals surface area contributed by atoms with E-state index in [1.165, 1.54) is 44.1 Å². The minimum atomic E-state index is 0.847. The van der Waals surface area contributed by atoms with Crippen LogP contribution in [-0.2, 0) is 6.42 Å². The largest absolute Gasteiger partial charge is 0.0622 e. The summed E-state index contributed by atoms with van der Waals surface area (Å²) >= 11 is 0. The molecule has 0 N–H and O–H groups in total. The van der Waals surface area contributed by atoms with Gasteiger partial charge >= 0.3 is 0 Å². The Labute approximate surface area is 86.3 Å². The Morgan fingerprint density at radius 2 is 1.79 bits per heavy atom. The third-order valence-corrected chi connectivity index (χ3v) is 4.22. The van der Waals surface area contributed by atoms with Gasteiger partial charge in [-0.1, -0.05) is 36.8 Å². The summed E-state index contributed by atoms with van der Waals surface area (Å²) < 4.78 is 0. The smallest absolute Gasteiger partial charge is 0.0250 e. The molecule has 74 valence electrons. The van der Waals surface area contributed by atoms with Gasteiger partial charge in [-0.05, 0) is 49.0 Å². The molecular weight excluding hydrogens is 168 g/mol. The minimum absolute atomic E-state index is 0.847. The van der Waals surface area contributed by atoms with Crippen molar-refractivity contribution in [1.29, 1.82) is 0 Å². The Balaban J connectivity index is 1.56. The third kappa shape index (κ3) is 1.37. The molecule has 0 aromatic heterocycles. The molecule has 2 saturated carbocycles. The average molecular weight is 186 g/mol. The SMILES string of the molecule is c1ccc(CC2CC3(CCC3)C2)cc1. The van der Waals surface area contributed by atoms with Gasteiger partial charge < -0.3 is 0 Å². The van der Waals surface area contributed by atoms with E-state index in [0.717, 1.165) is 11.3 Å². The Kier molecular flexibility index (Phi) is 1.90. The van der Waals surface area contributed by atoms with Crippen molar-refractivity contribution in [2.24, 2.45) is 11.3 Å². The highest BCUT2D eigenvalue weighted by atomic mass is 14.5. The van der Waals surface area contributed by atoms with E-state index in [9.17, 15) is 0 Å². The molecule has 1 spiro atoms. The molecule has 1 aromatic rings. The van der Waals surface area contributed by atoms with E-state index in [0.29, 0.717) is 0 Å². The Hall–Kier alpha value is -0.780. The molecule has 0 unspecified atom stereocenters. The van der Waals surface area contributed by atoms with E-state index >= 15 is 0 Å². The average Bonchev–Trinajstić information content (AvgIpc) is 2.09. The predicted molar refractivity (Wildman–Crippen MR) is 59.2 cm³/mol. The zero-order valence-corrected chi connectivity index (χ0v) is 8.71. The number of hydrogen-bond donors (Lipinski definition) is 0. The van der Waals surface area contributed by atoms with Gasteiger partial charge in [0, 0.05) is 0 Å². The molecule has 0 aliphatic heterocycles. The third-order valence-electron chi connectivity index (χ3n) is 4.22. The predicted octanol–water partition coefficient (Wildman–Crippen LogP) is 3.81. The molecule has 0 saturated heterocycles. The van der Waals surface area contributed by atoms with E-state index in [4.69, 9.17) is 0 Å². The van der Waals surface area contributed by atoms with Crippen molar-refractivity contribution < 1.29 is 0 Å². The van der Waals surface area contributed by atoms with E-state index in [1.54, 1.807) is 0 Å². The van der Waals surface area contributed by atoms with Crippen LogP contribution in [0.5, 0.6) is 0 Å². The maximum absolute atomic E-state index is 2.27. The highest BCUT2D eigenvalue weighted by Crippen LogP contribution is 2.59. The molecule has 0 heterocycles. The lowest BCUT2D eigenvalue weighted by Gasteiger charge is -2.54. The van der Waals surface area contributed by atoms with Gasteiger partial charge in [0.15, 0.2) is 0 Å². The summed E-state index contributed by atoms with van der Waals surface area (Å²) in [6.07, 6.45) is 8.90. The fraction of sp³-hybridized carbons (Fsp3) is 0.571. The van der Waals surface area contributed by atoms with Crippen LogP contribution in [0.4, 0.5) is 0 Å². The summed E-state index contributed by atoms with van der Waals surface area (Å²) in [6, 6.07) is 11.0. The highest BCUT2D eigenvalue weighted by molar-refractivity contribution is 5.16. The maximum atomic E-state index is 2.27. The van der Waals surface area contributed by atoms with Gasteiger partial charge in [0.1, 0.15) is 0 Å². The van der Waals surface area contributed by atoms with Gasteiger partial charge in [-0.15, -0.1) is 0 Å². The van der Waals surface area contributed by atoms with Crippen molar-refractivity contribution in [2.75, 3.05) is 0 Å². The number of benzene rings is 1. The molecule has 14 heavy (non-hydrogen) atoms. The molecule has 0 nitrogen and oxygen atoms in total. The second kappa shape index (κ2) is 3.12. The van der Waals surface area contributed by atoms with E-state index in [-0.39, 0.29) is 0 Å². The van der Waals surface area contributed by atoms with Crippen LogP contribution in [0.25, 0.3) is 0 Å². The molecule has 0 bridgehead atoms. The zero-order valence-electron chi connectivity index (χ0n) is 8.71. The van der Waals surface area contributed by atoms with Crippen LogP contribution in [0.3, 0.4) is 0 Å². The van der Waals surface area contributed by atoms with Gasteiger partial charge in [-0.2, -0.15) is 0 Å². The molecular formula is C14H18. The maximum Gasteiger partial charge on any atom is -0.0250 e. The Bertz CT molecular complexity index is 300. The van der Waals surface area contributed by atoms with Gasteiger partial charge in [0.05, 0.1) is 0 Å². The normalized spacial score (nSPS) is 24.3. The standard InChI is InChI=1S/C14H18/c1-2-5-12(6-3-1)9-13-10-14(11-13)7-4-8-14/h1-3,5-6,13H,4,7-11H2. The minimum Gasteiger partial charge on any atom is -0.0622 e. The number of hydrogen-bond acceptors (Lipinski definition) is 0. The lowest BCUT2D eigenvalue weighted by molar-refractivity contribution is -0.0239. The summed E-state index contributed by atoms with van der Waals surface area (Å²) in [4.78, 5) is 0. The number of rotatable bonds is 2. The molecule has 0 amide bonds. The van der Waals surface area contributed by atoms with Gasteiger partial charge in [-0.25, -0.2) is 0 Å². The second-order valence-corrected chi connectivity index (χ2v) is 5.32. The first-order chi connectivity index (χ1) is 6.86. The molecule has 0 atom stereocenters. The van der Waals surface area contributed by atoms with Crippen molar-refractivity contribution in [3.05, 3.63) is 35.9 Å². The van der Waals surface area contributed by atoms with Gasteiger partial charge in [0.2, 0.25) is 0 Å². The quantitative estimate of drug-likeness (QED) is 0.659. The molecule has 2 aliphatic rings. The first kappa shape index (κ1) is 8.52. The van der Waals surface area contributed by atoms with Crippen molar-refractivity contribution in [2.45, 2.75) is 38.5 Å². The summed E-state index contributed by atoms with van der Waals surface area (Å²) in [5.74, 6) is 0.998. The molecule has 3 rings (SSSR count). The van der Waals surface area contributed by atoms with E-state index in [2.05, 4.69) is 30.3 Å². The molecule has 2 fully saturated rings. The lowest BCUT2D eigenvalue weighted by atomic mass is 9.51. The summed E-state index contributed by atoms with van der Waals surface area (Å²) in [5, 5.41) is 0. The first-order valence-corrected chi connectivity index (χ1v) is 5.90. The van der Waals surface area contributed by atoms with Crippen LogP contribution in [0, 0.1) is 11.3 Å². The fourth-order valence-corrected chi connectivity index (χ4v) is 3.34. The molecule has 1 aromatic carbocycles. The summed E-state index contributed by atoms with van der Waals surface area (Å²) in [7, 11) is 0. The van der Waals surface area contributed by atoms with E-state index < -0.39 is 0 Å². The van der Waals surface area contributed by atoms with Gasteiger partial charge in [-0.3, -0.25) is 0 Å². The summed E-state index contributed by atoms with van der Waals surface area (Å²) in [5.41, 5.74) is 2.38. The van der Waals surface area contributed by atoms with Crippen LogP contribution in [0.1, 0.15) is 37.7 Å². The van der Waals surface area contributed by atoms with Crippen molar-refractivity contribution >= 4 is 0 Å².